The van der Waals surface area contributed by atoms with E-state index in [9.17, 15) is 18.0 Å². The predicted octanol–water partition coefficient (Wildman–Crippen LogP) is 1.81. The molecule has 1 aliphatic heterocycles. The molecule has 92 valence electrons. The highest BCUT2D eigenvalue weighted by Gasteiger charge is 2.34. The summed E-state index contributed by atoms with van der Waals surface area (Å²) in [4.78, 5) is 10.8. The lowest BCUT2D eigenvalue weighted by atomic mass is 10.2. The standard InChI is InChI=1S/C8H6ClF3N4O/c9-6-2-1-4(3-5(6)8(10,11)12)16-14-7(17)13-15-16/h1-3,15H,(H2,13,14,17). The summed E-state index contributed by atoms with van der Waals surface area (Å²) in [5, 5.41) is 0.605. The lowest BCUT2D eigenvalue weighted by Gasteiger charge is -2.17. The molecule has 9 heteroatoms. The highest BCUT2D eigenvalue weighted by atomic mass is 35.5. The monoisotopic (exact) mass is 266 g/mol. The Morgan fingerprint density at radius 3 is 2.53 bits per heavy atom. The second-order valence-corrected chi connectivity index (χ2v) is 3.58. The third-order valence-electron chi connectivity index (χ3n) is 2.01. The first-order chi connectivity index (χ1) is 7.88. The molecule has 17 heavy (non-hydrogen) atoms. The molecule has 1 aromatic rings. The molecule has 1 aromatic carbocycles. The summed E-state index contributed by atoms with van der Waals surface area (Å²) >= 11 is 5.45. The van der Waals surface area contributed by atoms with Gasteiger partial charge in [-0.15, -0.1) is 5.53 Å². The molecule has 0 spiro atoms. The van der Waals surface area contributed by atoms with Crippen LogP contribution in [0.5, 0.6) is 0 Å². The Hall–Kier alpha value is -1.67. The number of benzene rings is 1. The van der Waals surface area contributed by atoms with Crippen LogP contribution in [0, 0.1) is 0 Å². The molecule has 2 rings (SSSR count). The number of hydrazine groups is 3. The van der Waals surface area contributed by atoms with Crippen molar-refractivity contribution in [2.75, 3.05) is 5.12 Å². The Morgan fingerprint density at radius 1 is 1.29 bits per heavy atom. The minimum absolute atomic E-state index is 0.0973. The summed E-state index contributed by atoms with van der Waals surface area (Å²) in [5.74, 6) is 0. The molecule has 0 aliphatic carbocycles. The maximum atomic E-state index is 12.6. The van der Waals surface area contributed by atoms with E-state index in [0.29, 0.717) is 0 Å². The number of carbonyl (C=O) groups excluding carboxylic acids is 1. The number of nitrogens with zero attached hydrogens (tertiary/aromatic N) is 1. The molecule has 1 fully saturated rings. The zero-order valence-electron chi connectivity index (χ0n) is 8.10. The number of halogens is 4. The Bertz CT molecular complexity index is 465. The van der Waals surface area contributed by atoms with Crippen LogP contribution in [-0.4, -0.2) is 6.03 Å². The number of amides is 2. The summed E-state index contributed by atoms with van der Waals surface area (Å²) in [6, 6.07) is 2.68. The average Bonchev–Trinajstić information content (AvgIpc) is 2.64. The zero-order valence-corrected chi connectivity index (χ0v) is 8.86. The molecular formula is C8H6ClF3N4O. The topological polar surface area (TPSA) is 56.4 Å². The van der Waals surface area contributed by atoms with Crippen molar-refractivity contribution >= 4 is 23.3 Å². The minimum Gasteiger partial charge on any atom is -0.252 e. The maximum absolute atomic E-state index is 12.6. The molecule has 0 aromatic heterocycles. The number of hydrogen-bond donors (Lipinski definition) is 3. The zero-order chi connectivity index (χ0) is 12.6. The first-order valence-electron chi connectivity index (χ1n) is 4.37. The molecular weight excluding hydrogens is 261 g/mol. The number of anilines is 1. The Balaban J connectivity index is 2.34. The van der Waals surface area contributed by atoms with Crippen LogP contribution < -0.4 is 21.5 Å². The van der Waals surface area contributed by atoms with Crippen LogP contribution in [0.1, 0.15) is 5.56 Å². The van der Waals surface area contributed by atoms with Crippen LogP contribution in [0.3, 0.4) is 0 Å². The average molecular weight is 267 g/mol. The number of carbonyl (C=O) groups is 1. The van der Waals surface area contributed by atoms with Crippen molar-refractivity contribution in [2.45, 2.75) is 6.18 Å². The van der Waals surface area contributed by atoms with Gasteiger partial charge in [-0.25, -0.2) is 10.2 Å². The lowest BCUT2D eigenvalue weighted by Crippen LogP contribution is -2.40. The summed E-state index contributed by atoms with van der Waals surface area (Å²) in [5.41, 5.74) is 5.84. The second-order valence-electron chi connectivity index (χ2n) is 3.18. The summed E-state index contributed by atoms with van der Waals surface area (Å²) in [6.07, 6.45) is -4.55. The lowest BCUT2D eigenvalue weighted by molar-refractivity contribution is -0.137. The molecule has 0 saturated carbocycles. The van der Waals surface area contributed by atoms with E-state index in [1.807, 2.05) is 0 Å². The largest absolute Gasteiger partial charge is 0.417 e. The van der Waals surface area contributed by atoms with Gasteiger partial charge < -0.3 is 0 Å². The number of urea groups is 1. The highest BCUT2D eigenvalue weighted by Crippen LogP contribution is 2.36. The van der Waals surface area contributed by atoms with Gasteiger partial charge >= 0.3 is 12.2 Å². The van der Waals surface area contributed by atoms with Gasteiger partial charge in [0.25, 0.3) is 0 Å². The van der Waals surface area contributed by atoms with Crippen LogP contribution >= 0.6 is 11.6 Å². The summed E-state index contributed by atoms with van der Waals surface area (Å²) in [7, 11) is 0. The van der Waals surface area contributed by atoms with Crippen molar-refractivity contribution in [2.24, 2.45) is 0 Å². The quantitative estimate of drug-likeness (QED) is 0.727. The van der Waals surface area contributed by atoms with Gasteiger partial charge in [0, 0.05) is 0 Å². The van der Waals surface area contributed by atoms with Crippen molar-refractivity contribution in [3.05, 3.63) is 28.8 Å². The van der Waals surface area contributed by atoms with Crippen molar-refractivity contribution < 1.29 is 18.0 Å². The SMILES string of the molecule is O=C1NNN(c2ccc(Cl)c(C(F)(F)F)c2)N1. The number of nitrogens with one attached hydrogen (secondary N) is 3. The molecule has 0 radical (unpaired) electrons. The van der Waals surface area contributed by atoms with Gasteiger partial charge in [-0.3, -0.25) is 5.43 Å². The van der Waals surface area contributed by atoms with Gasteiger partial charge in [0.1, 0.15) is 0 Å². The minimum atomic E-state index is -4.55. The van der Waals surface area contributed by atoms with E-state index in [4.69, 9.17) is 11.6 Å². The summed E-state index contributed by atoms with van der Waals surface area (Å²) < 4.78 is 37.7. The van der Waals surface area contributed by atoms with E-state index in [-0.39, 0.29) is 5.69 Å². The normalized spacial score (nSPS) is 15.8. The van der Waals surface area contributed by atoms with Crippen molar-refractivity contribution in [1.29, 1.82) is 0 Å². The molecule has 3 N–H and O–H groups in total. The van der Waals surface area contributed by atoms with Crippen LogP contribution in [0.25, 0.3) is 0 Å². The predicted molar refractivity (Wildman–Crippen MR) is 53.7 cm³/mol. The van der Waals surface area contributed by atoms with Crippen LogP contribution in [0.15, 0.2) is 18.2 Å². The first kappa shape index (κ1) is 11.8. The van der Waals surface area contributed by atoms with Gasteiger partial charge in [0.15, 0.2) is 0 Å². The van der Waals surface area contributed by atoms with Gasteiger partial charge in [0.05, 0.1) is 16.3 Å². The first-order valence-corrected chi connectivity index (χ1v) is 4.75. The number of hydrogen-bond acceptors (Lipinski definition) is 3. The van der Waals surface area contributed by atoms with E-state index < -0.39 is 22.8 Å². The van der Waals surface area contributed by atoms with Crippen molar-refractivity contribution in [1.82, 2.24) is 16.4 Å². The fourth-order valence-corrected chi connectivity index (χ4v) is 1.49. The molecule has 1 aliphatic rings. The Labute approximate surface area is 98.4 Å². The van der Waals surface area contributed by atoms with Gasteiger partial charge in [-0.1, -0.05) is 11.6 Å². The molecule has 1 heterocycles. The molecule has 5 nitrogen and oxygen atoms in total. The fourth-order valence-electron chi connectivity index (χ4n) is 1.26. The van der Waals surface area contributed by atoms with Gasteiger partial charge in [0.2, 0.25) is 0 Å². The highest BCUT2D eigenvalue weighted by molar-refractivity contribution is 6.31. The molecule has 0 unspecified atom stereocenters. The Kier molecular flexibility index (Phi) is 2.76. The number of rotatable bonds is 1. The fraction of sp³-hybridized carbons (Fsp3) is 0.125. The van der Waals surface area contributed by atoms with E-state index in [1.165, 1.54) is 6.07 Å². The van der Waals surface area contributed by atoms with Crippen LogP contribution in [0.4, 0.5) is 23.7 Å². The van der Waals surface area contributed by atoms with E-state index in [1.54, 1.807) is 0 Å². The van der Waals surface area contributed by atoms with Crippen LogP contribution in [-0.2, 0) is 6.18 Å². The smallest absolute Gasteiger partial charge is 0.252 e. The third-order valence-corrected chi connectivity index (χ3v) is 2.34. The second kappa shape index (κ2) is 3.97. The number of alkyl halides is 3. The van der Waals surface area contributed by atoms with Gasteiger partial charge in [-0.2, -0.15) is 18.3 Å². The molecule has 2 amide bonds. The molecule has 0 bridgehead atoms. The van der Waals surface area contributed by atoms with Gasteiger partial charge in [-0.05, 0) is 18.2 Å². The third kappa shape index (κ3) is 2.37. The van der Waals surface area contributed by atoms with Crippen molar-refractivity contribution in [3.8, 4) is 0 Å². The van der Waals surface area contributed by atoms with Crippen LogP contribution in [0.2, 0.25) is 5.02 Å². The maximum Gasteiger partial charge on any atom is 0.417 e. The van der Waals surface area contributed by atoms with E-state index >= 15 is 0 Å². The van der Waals surface area contributed by atoms with E-state index in [0.717, 1.165) is 17.3 Å². The molecule has 0 atom stereocenters. The van der Waals surface area contributed by atoms with Crippen molar-refractivity contribution in [3.63, 3.8) is 0 Å². The molecule has 1 saturated heterocycles. The summed E-state index contributed by atoms with van der Waals surface area (Å²) in [6.45, 7) is 0. The Morgan fingerprint density at radius 2 is 2.00 bits per heavy atom. The van der Waals surface area contributed by atoms with E-state index in [2.05, 4.69) is 16.4 Å².